The molecule has 1 saturated heterocycles. The monoisotopic (exact) mass is 410 g/mol. The van der Waals surface area contributed by atoms with Gasteiger partial charge in [0.15, 0.2) is 5.65 Å². The fourth-order valence-electron chi connectivity index (χ4n) is 3.38. The van der Waals surface area contributed by atoms with Gasteiger partial charge < -0.3 is 15.7 Å². The van der Waals surface area contributed by atoms with E-state index in [0.29, 0.717) is 35.2 Å². The molecule has 0 spiro atoms. The van der Waals surface area contributed by atoms with Crippen LogP contribution in [0, 0.1) is 6.92 Å². The van der Waals surface area contributed by atoms with Crippen molar-refractivity contribution in [3.8, 4) is 0 Å². The Kier molecular flexibility index (Phi) is 4.81. The second kappa shape index (κ2) is 7.31. The Labute approximate surface area is 172 Å². The van der Waals surface area contributed by atoms with E-state index in [1.807, 2.05) is 24.0 Å². The minimum absolute atomic E-state index is 0.246. The van der Waals surface area contributed by atoms with E-state index < -0.39 is 12.0 Å². The van der Waals surface area contributed by atoms with Crippen molar-refractivity contribution in [1.82, 2.24) is 14.6 Å². The van der Waals surface area contributed by atoms with Crippen LogP contribution in [0.4, 0.5) is 5.82 Å². The highest BCUT2D eigenvalue weighted by molar-refractivity contribution is 6.35. The zero-order valence-corrected chi connectivity index (χ0v) is 16.5. The van der Waals surface area contributed by atoms with Crippen LogP contribution < -0.4 is 10.6 Å². The summed E-state index contributed by atoms with van der Waals surface area (Å²) >= 11 is 6.11. The number of aromatic nitrogens is 3. The van der Waals surface area contributed by atoms with Crippen LogP contribution in [-0.4, -0.2) is 50.5 Å². The fourth-order valence-corrected chi connectivity index (χ4v) is 3.55. The average Bonchev–Trinajstić information content (AvgIpc) is 3.06. The van der Waals surface area contributed by atoms with E-state index in [2.05, 4.69) is 21.7 Å². The van der Waals surface area contributed by atoms with Gasteiger partial charge in [-0.25, -0.2) is 4.98 Å². The second-order valence-electron chi connectivity index (χ2n) is 6.81. The first kappa shape index (κ1) is 19.1. The molecule has 2 aromatic heterocycles. The number of β-amino-alcohol motifs (C(OH)–C–C–N with tert-alkyl or cyclic N) is 1. The largest absolute Gasteiger partial charge is 0.389 e. The summed E-state index contributed by atoms with van der Waals surface area (Å²) in [5.41, 5.74) is 9.08. The zero-order chi connectivity index (χ0) is 20.7. The smallest absolute Gasteiger partial charge is 0.254 e. The van der Waals surface area contributed by atoms with E-state index in [1.54, 1.807) is 16.7 Å². The second-order valence-corrected chi connectivity index (χ2v) is 7.25. The number of hydrogen-bond acceptors (Lipinski definition) is 6. The predicted octanol–water partition coefficient (Wildman–Crippen LogP) is 1.98. The molecule has 0 unspecified atom stereocenters. The summed E-state index contributed by atoms with van der Waals surface area (Å²) in [5, 5.41) is 14.7. The van der Waals surface area contributed by atoms with E-state index >= 15 is 0 Å². The molecule has 0 saturated carbocycles. The third-order valence-electron chi connectivity index (χ3n) is 4.80. The third-order valence-corrected chi connectivity index (χ3v) is 5.03. The lowest BCUT2D eigenvalue weighted by Crippen LogP contribution is -2.52. The van der Waals surface area contributed by atoms with Crippen LogP contribution in [0.3, 0.4) is 0 Å². The highest BCUT2D eigenvalue weighted by Gasteiger charge is 2.30. The van der Waals surface area contributed by atoms with Gasteiger partial charge in [0.1, 0.15) is 11.4 Å². The molecule has 0 atom stereocenters. The van der Waals surface area contributed by atoms with Crippen molar-refractivity contribution < 1.29 is 9.90 Å². The van der Waals surface area contributed by atoms with Crippen LogP contribution in [0.2, 0.25) is 0 Å². The number of aliphatic imine (C=N–C) groups is 1. The number of rotatable bonds is 4. The highest BCUT2D eigenvalue weighted by Crippen LogP contribution is 2.32. The first-order valence-corrected chi connectivity index (χ1v) is 9.34. The molecule has 1 aliphatic carbocycles. The van der Waals surface area contributed by atoms with Crippen LogP contribution in [0.1, 0.15) is 21.6 Å². The molecule has 3 heterocycles. The maximum atomic E-state index is 11.8. The first-order valence-electron chi connectivity index (χ1n) is 8.96. The van der Waals surface area contributed by atoms with E-state index in [-0.39, 0.29) is 5.56 Å². The van der Waals surface area contributed by atoms with E-state index in [4.69, 9.17) is 17.3 Å². The Morgan fingerprint density at radius 3 is 2.86 bits per heavy atom. The third kappa shape index (κ3) is 3.37. The molecule has 8 nitrogen and oxygen atoms in total. The molecule has 2 aliphatic rings. The predicted molar refractivity (Wildman–Crippen MR) is 113 cm³/mol. The van der Waals surface area contributed by atoms with Gasteiger partial charge in [0.25, 0.3) is 5.91 Å². The summed E-state index contributed by atoms with van der Waals surface area (Å²) < 4.78 is 1.59. The number of anilines is 1. The number of allylic oxidation sites excluding steroid dienone is 5. The minimum Gasteiger partial charge on any atom is -0.389 e. The number of aliphatic hydroxyl groups excluding tert-OH is 1. The summed E-state index contributed by atoms with van der Waals surface area (Å²) in [6.45, 7) is 6.42. The van der Waals surface area contributed by atoms with Crippen LogP contribution in [0.15, 0.2) is 52.8 Å². The van der Waals surface area contributed by atoms with Crippen molar-refractivity contribution in [2.75, 3.05) is 18.0 Å². The number of aryl methyl sites for hydroxylation is 1. The number of amides is 1. The number of carbonyl (C=O) groups is 1. The van der Waals surface area contributed by atoms with Crippen molar-refractivity contribution >= 4 is 40.8 Å². The molecule has 148 valence electrons. The number of aliphatic hydroxyl groups is 1. The van der Waals surface area contributed by atoms with Crippen molar-refractivity contribution in [2.24, 2.45) is 10.7 Å². The molecule has 4 rings (SSSR count). The topological polar surface area (TPSA) is 109 Å². The summed E-state index contributed by atoms with van der Waals surface area (Å²) in [4.78, 5) is 22.6. The summed E-state index contributed by atoms with van der Waals surface area (Å²) in [5.74, 6) is 0.132. The molecule has 29 heavy (non-hydrogen) atoms. The number of carbonyl (C=O) groups excluding carboxylic acids is 1. The van der Waals surface area contributed by atoms with Gasteiger partial charge in [-0.1, -0.05) is 24.3 Å². The summed E-state index contributed by atoms with van der Waals surface area (Å²) in [7, 11) is 0. The quantitative estimate of drug-likeness (QED) is 0.800. The number of fused-ring (bicyclic) bond motifs is 1. The number of nitrogens with zero attached hydrogens (tertiary/aromatic N) is 5. The van der Waals surface area contributed by atoms with Crippen molar-refractivity contribution in [3.63, 3.8) is 0 Å². The number of hydrogen-bond donors (Lipinski definition) is 2. The maximum absolute atomic E-state index is 11.8. The SMILES string of the molecule is C=CN=C1C=C(Cl)C=C/C1=C\c1c(C)nc2c(C(N)=O)cnn2c1N1CC(O)C1. The molecule has 9 heteroatoms. The molecule has 2 aromatic rings. The lowest BCUT2D eigenvalue weighted by molar-refractivity contribution is 0.100. The minimum atomic E-state index is -0.594. The molecule has 0 radical (unpaired) electrons. The van der Waals surface area contributed by atoms with Gasteiger partial charge in [-0.05, 0) is 25.2 Å². The zero-order valence-electron chi connectivity index (χ0n) is 15.7. The van der Waals surface area contributed by atoms with Gasteiger partial charge in [0.2, 0.25) is 0 Å². The Hall–Kier alpha value is -3.23. The molecular weight excluding hydrogens is 392 g/mol. The lowest BCUT2D eigenvalue weighted by atomic mass is 10.0. The fraction of sp³-hybridized carbons (Fsp3) is 0.200. The van der Waals surface area contributed by atoms with Gasteiger partial charge in [0.05, 0.1) is 23.7 Å². The van der Waals surface area contributed by atoms with Crippen molar-refractivity contribution in [1.29, 1.82) is 0 Å². The Balaban J connectivity index is 1.94. The van der Waals surface area contributed by atoms with Gasteiger partial charge in [0, 0.05) is 35.5 Å². The van der Waals surface area contributed by atoms with Gasteiger partial charge in [-0.3, -0.25) is 9.79 Å². The summed E-state index contributed by atoms with van der Waals surface area (Å²) in [6.07, 6.45) is 9.78. The van der Waals surface area contributed by atoms with Gasteiger partial charge >= 0.3 is 0 Å². The van der Waals surface area contributed by atoms with Crippen molar-refractivity contribution in [2.45, 2.75) is 13.0 Å². The normalized spacial score (nSPS) is 19.7. The Morgan fingerprint density at radius 1 is 1.45 bits per heavy atom. The van der Waals surface area contributed by atoms with Crippen LogP contribution in [-0.2, 0) is 0 Å². The number of nitrogens with two attached hydrogens (primary N) is 1. The van der Waals surface area contributed by atoms with E-state index in [1.165, 1.54) is 12.4 Å². The average molecular weight is 411 g/mol. The maximum Gasteiger partial charge on any atom is 0.254 e. The molecule has 0 bridgehead atoms. The molecule has 3 N–H and O–H groups in total. The number of halogens is 1. The Bertz CT molecular complexity index is 1150. The molecule has 0 aromatic carbocycles. The van der Waals surface area contributed by atoms with E-state index in [9.17, 15) is 9.90 Å². The van der Waals surface area contributed by atoms with Crippen LogP contribution >= 0.6 is 11.6 Å². The molecule has 1 amide bonds. The summed E-state index contributed by atoms with van der Waals surface area (Å²) in [6, 6.07) is 0. The standard InChI is InChI=1S/C20H19ClN6O2/c1-3-23-17-7-13(21)5-4-12(17)6-15-11(2)25-19-16(18(22)29)8-24-27(19)20(15)26-9-14(28)10-26/h3-8,14,28H,1,9-10H2,2H3,(H2,22,29)/b12-6+,23-17?. The molecular formula is C20H19ClN6O2. The molecule has 1 aliphatic heterocycles. The van der Waals surface area contributed by atoms with Crippen molar-refractivity contribution in [3.05, 3.63) is 64.6 Å². The van der Waals surface area contributed by atoms with Gasteiger partial charge in [-0.2, -0.15) is 9.61 Å². The molecule has 1 fully saturated rings. The highest BCUT2D eigenvalue weighted by atomic mass is 35.5. The van der Waals surface area contributed by atoms with Gasteiger partial charge in [-0.15, -0.1) is 0 Å². The number of primary amides is 1. The lowest BCUT2D eigenvalue weighted by Gasteiger charge is -2.38. The first-order chi connectivity index (χ1) is 13.9. The van der Waals surface area contributed by atoms with E-state index in [0.717, 1.165) is 17.0 Å². The van der Waals surface area contributed by atoms with Crippen LogP contribution in [0.25, 0.3) is 11.7 Å². The Morgan fingerprint density at radius 2 is 2.21 bits per heavy atom. The van der Waals surface area contributed by atoms with Crippen LogP contribution in [0.5, 0.6) is 0 Å².